The van der Waals surface area contributed by atoms with Crippen molar-refractivity contribution in [1.82, 2.24) is 21.0 Å². The van der Waals surface area contributed by atoms with Gasteiger partial charge in [0.2, 0.25) is 5.91 Å². The molecule has 2 aliphatic heterocycles. The van der Waals surface area contributed by atoms with Gasteiger partial charge in [0.1, 0.15) is 6.04 Å². The van der Waals surface area contributed by atoms with Crippen LogP contribution < -0.4 is 16.3 Å². The Labute approximate surface area is 160 Å². The summed E-state index contributed by atoms with van der Waals surface area (Å²) in [6.07, 6.45) is 4.71. The van der Waals surface area contributed by atoms with Crippen LogP contribution in [0.25, 0.3) is 0 Å². The molecule has 0 aromatic heterocycles. The molecular formula is C19H27N7O. The van der Waals surface area contributed by atoms with E-state index >= 15 is 0 Å². The lowest BCUT2D eigenvalue weighted by Gasteiger charge is -2.29. The van der Waals surface area contributed by atoms with E-state index in [0.717, 1.165) is 18.4 Å². The Balaban J connectivity index is 1.62. The van der Waals surface area contributed by atoms with Crippen molar-refractivity contribution in [1.29, 1.82) is 5.26 Å². The summed E-state index contributed by atoms with van der Waals surface area (Å²) in [5.74, 6) is 0.588. The van der Waals surface area contributed by atoms with Crippen molar-refractivity contribution < 1.29 is 4.79 Å². The average Bonchev–Trinajstić information content (AvgIpc) is 3.20. The molecule has 1 aromatic rings. The van der Waals surface area contributed by atoms with Gasteiger partial charge in [-0.3, -0.25) is 15.1 Å². The summed E-state index contributed by atoms with van der Waals surface area (Å²) in [6, 6.07) is 7.19. The molecule has 0 bridgehead atoms. The topological polar surface area (TPSA) is 95.8 Å². The van der Waals surface area contributed by atoms with Crippen LogP contribution in [0.2, 0.25) is 0 Å². The number of carbonyl (C=O) groups is 1. The van der Waals surface area contributed by atoms with Crippen LogP contribution in [0.4, 0.5) is 5.69 Å². The summed E-state index contributed by atoms with van der Waals surface area (Å²) in [4.78, 5) is 14.4. The molecule has 144 valence electrons. The fraction of sp³-hybridized carbons (Fsp3) is 0.526. The highest BCUT2D eigenvalue weighted by atomic mass is 16.2. The number of hydrogen-bond donors (Lipinski definition) is 3. The molecule has 27 heavy (non-hydrogen) atoms. The third kappa shape index (κ3) is 4.49. The van der Waals surface area contributed by atoms with Gasteiger partial charge in [0.05, 0.1) is 0 Å². The zero-order chi connectivity index (χ0) is 19.6. The highest BCUT2D eigenvalue weighted by molar-refractivity contribution is 6.00. The number of anilines is 1. The smallest absolute Gasteiger partial charge is 0.247 e. The summed E-state index contributed by atoms with van der Waals surface area (Å²) in [6.45, 7) is 6.48. The SMILES string of the molecule is CN1NN=C(c2ccc(NC(=O)C3CCC(CC(C)(C)C)N3C#N)cc2)N1. The van der Waals surface area contributed by atoms with Gasteiger partial charge in [-0.15, -0.1) is 10.2 Å². The minimum Gasteiger partial charge on any atom is -0.324 e. The Morgan fingerprint density at radius 1 is 1.33 bits per heavy atom. The normalized spacial score (nSPS) is 22.6. The molecule has 1 aromatic carbocycles. The lowest BCUT2D eigenvalue weighted by molar-refractivity contribution is -0.119. The van der Waals surface area contributed by atoms with Gasteiger partial charge < -0.3 is 5.32 Å². The largest absolute Gasteiger partial charge is 0.324 e. The Hall–Kier alpha value is -2.79. The Kier molecular flexibility index (Phi) is 5.24. The molecule has 8 nitrogen and oxygen atoms in total. The Bertz CT molecular complexity index is 760. The molecule has 2 heterocycles. The minimum absolute atomic E-state index is 0.126. The second kappa shape index (κ2) is 7.45. The number of amidine groups is 1. The zero-order valence-electron chi connectivity index (χ0n) is 16.3. The maximum atomic E-state index is 12.7. The van der Waals surface area contributed by atoms with Crippen molar-refractivity contribution in [3.63, 3.8) is 0 Å². The molecule has 3 rings (SSSR count). The van der Waals surface area contributed by atoms with Gasteiger partial charge in [0.15, 0.2) is 12.0 Å². The predicted molar refractivity (Wildman–Crippen MR) is 104 cm³/mol. The van der Waals surface area contributed by atoms with E-state index in [4.69, 9.17) is 0 Å². The van der Waals surface area contributed by atoms with E-state index in [1.807, 2.05) is 31.3 Å². The van der Waals surface area contributed by atoms with Gasteiger partial charge in [-0.05, 0) is 48.9 Å². The standard InChI is InChI=1S/C19H27N7O/c1-19(2,3)11-15-9-10-16(26(15)12-20)18(27)21-14-7-5-13(6-8-14)17-22-24-25(4)23-17/h5-8,15-16,24H,9-11H2,1-4H3,(H,21,27)(H,22,23). The van der Waals surface area contributed by atoms with Crippen LogP contribution in [0.1, 0.15) is 45.6 Å². The predicted octanol–water partition coefficient (Wildman–Crippen LogP) is 1.99. The van der Waals surface area contributed by atoms with E-state index in [1.54, 1.807) is 10.0 Å². The number of rotatable bonds is 4. The second-order valence-corrected chi connectivity index (χ2v) is 8.32. The summed E-state index contributed by atoms with van der Waals surface area (Å²) in [5.41, 5.74) is 7.59. The quantitative estimate of drug-likeness (QED) is 0.703. The van der Waals surface area contributed by atoms with Crippen LogP contribution in [0.5, 0.6) is 0 Å². The zero-order valence-corrected chi connectivity index (χ0v) is 16.3. The monoisotopic (exact) mass is 369 g/mol. The van der Waals surface area contributed by atoms with Crippen molar-refractivity contribution in [2.24, 2.45) is 10.5 Å². The first-order chi connectivity index (χ1) is 12.8. The van der Waals surface area contributed by atoms with Gasteiger partial charge in [0, 0.05) is 24.3 Å². The van der Waals surface area contributed by atoms with Crippen molar-refractivity contribution in [3.8, 4) is 6.19 Å². The Morgan fingerprint density at radius 3 is 2.59 bits per heavy atom. The molecule has 2 aliphatic rings. The fourth-order valence-electron chi connectivity index (χ4n) is 3.60. The second-order valence-electron chi connectivity index (χ2n) is 8.32. The van der Waals surface area contributed by atoms with Gasteiger partial charge in [-0.25, -0.2) is 5.53 Å². The van der Waals surface area contributed by atoms with Crippen molar-refractivity contribution in [2.45, 2.75) is 52.1 Å². The van der Waals surface area contributed by atoms with E-state index in [9.17, 15) is 10.1 Å². The maximum absolute atomic E-state index is 12.7. The molecule has 1 amide bonds. The Morgan fingerprint density at radius 2 is 2.04 bits per heavy atom. The average molecular weight is 369 g/mol. The lowest BCUT2D eigenvalue weighted by atomic mass is 9.87. The third-order valence-electron chi connectivity index (χ3n) is 4.78. The molecule has 0 radical (unpaired) electrons. The molecule has 1 fully saturated rings. The summed E-state index contributed by atoms with van der Waals surface area (Å²) < 4.78 is 0. The molecule has 0 saturated carbocycles. The van der Waals surface area contributed by atoms with E-state index < -0.39 is 6.04 Å². The summed E-state index contributed by atoms with van der Waals surface area (Å²) >= 11 is 0. The number of hydrazone groups is 1. The van der Waals surface area contributed by atoms with E-state index in [1.165, 1.54) is 0 Å². The summed E-state index contributed by atoms with van der Waals surface area (Å²) in [5, 5.41) is 18.3. The van der Waals surface area contributed by atoms with Crippen LogP contribution >= 0.6 is 0 Å². The van der Waals surface area contributed by atoms with E-state index in [0.29, 0.717) is 17.9 Å². The van der Waals surface area contributed by atoms with Gasteiger partial charge >= 0.3 is 0 Å². The fourth-order valence-corrected chi connectivity index (χ4v) is 3.60. The van der Waals surface area contributed by atoms with Crippen LogP contribution in [0, 0.1) is 16.9 Å². The van der Waals surface area contributed by atoms with Gasteiger partial charge in [-0.1, -0.05) is 20.8 Å². The number of nitrogens with one attached hydrogen (secondary N) is 3. The van der Waals surface area contributed by atoms with Crippen molar-refractivity contribution in [3.05, 3.63) is 29.8 Å². The van der Waals surface area contributed by atoms with E-state index in [2.05, 4.69) is 48.3 Å². The van der Waals surface area contributed by atoms with Crippen LogP contribution in [-0.4, -0.2) is 40.9 Å². The van der Waals surface area contributed by atoms with Crippen molar-refractivity contribution in [2.75, 3.05) is 12.4 Å². The van der Waals surface area contributed by atoms with Crippen LogP contribution in [0.15, 0.2) is 29.4 Å². The number of hydrazine groups is 2. The molecule has 0 aliphatic carbocycles. The number of nitrogens with zero attached hydrogens (tertiary/aromatic N) is 4. The lowest BCUT2D eigenvalue weighted by Crippen LogP contribution is -2.41. The third-order valence-corrected chi connectivity index (χ3v) is 4.78. The molecule has 2 unspecified atom stereocenters. The number of amides is 1. The van der Waals surface area contributed by atoms with E-state index in [-0.39, 0.29) is 17.4 Å². The van der Waals surface area contributed by atoms with Crippen LogP contribution in [-0.2, 0) is 4.79 Å². The first kappa shape index (κ1) is 19.0. The highest BCUT2D eigenvalue weighted by Gasteiger charge is 2.39. The number of benzene rings is 1. The van der Waals surface area contributed by atoms with Gasteiger partial charge in [-0.2, -0.15) is 5.26 Å². The molecule has 1 saturated heterocycles. The minimum atomic E-state index is -0.402. The molecular weight excluding hydrogens is 342 g/mol. The number of nitriles is 1. The molecule has 3 N–H and O–H groups in total. The number of likely N-dealkylation sites (tertiary alicyclic amines) is 1. The number of hydrogen-bond acceptors (Lipinski definition) is 7. The number of carbonyl (C=O) groups excluding carboxylic acids is 1. The highest BCUT2D eigenvalue weighted by Crippen LogP contribution is 2.33. The first-order valence-electron chi connectivity index (χ1n) is 9.20. The van der Waals surface area contributed by atoms with Gasteiger partial charge in [0.25, 0.3) is 0 Å². The molecule has 2 atom stereocenters. The first-order valence-corrected chi connectivity index (χ1v) is 9.20. The van der Waals surface area contributed by atoms with Crippen molar-refractivity contribution >= 4 is 17.4 Å². The maximum Gasteiger partial charge on any atom is 0.247 e. The molecule has 8 heteroatoms. The van der Waals surface area contributed by atoms with Crippen LogP contribution in [0.3, 0.4) is 0 Å². The molecule has 0 spiro atoms. The summed E-state index contributed by atoms with van der Waals surface area (Å²) in [7, 11) is 1.82.